The molecule has 3 heteroatoms. The van der Waals surface area contributed by atoms with E-state index in [1.165, 1.54) is 15.4 Å². The minimum atomic E-state index is 0.949. The summed E-state index contributed by atoms with van der Waals surface area (Å²) < 4.78 is 0. The van der Waals surface area contributed by atoms with Crippen LogP contribution in [0.25, 0.3) is 0 Å². The summed E-state index contributed by atoms with van der Waals surface area (Å²) in [6, 6.07) is 10.5. The molecule has 0 saturated carbocycles. The molecule has 0 spiro atoms. The van der Waals surface area contributed by atoms with Crippen LogP contribution in [0, 0.1) is 0 Å². The first-order valence-corrected chi connectivity index (χ1v) is 6.32. The third-order valence-electron chi connectivity index (χ3n) is 2.42. The number of nitrogens with zero attached hydrogens (tertiary/aromatic N) is 1. The molecule has 0 unspecified atom stereocenters. The quantitative estimate of drug-likeness (QED) is 0.856. The molecule has 0 bridgehead atoms. The molecule has 2 rings (SSSR count). The lowest BCUT2D eigenvalue weighted by Gasteiger charge is -1.96. The van der Waals surface area contributed by atoms with Crippen molar-refractivity contribution >= 4 is 11.3 Å². The van der Waals surface area contributed by atoms with Crippen molar-refractivity contribution in [3.05, 3.63) is 52.0 Å². The van der Waals surface area contributed by atoms with Crippen LogP contribution in [-0.4, -0.2) is 18.6 Å². The number of aromatic nitrogens is 1. The van der Waals surface area contributed by atoms with Gasteiger partial charge in [0.1, 0.15) is 0 Å². The standard InChI is InChI=1S/C13H16N2S/c1-14-8-7-12-10-15-13(16-12)9-11-5-3-2-4-6-11/h2-6,10,14H,7-9H2,1H3. The van der Waals surface area contributed by atoms with Crippen molar-refractivity contribution in [2.24, 2.45) is 0 Å². The highest BCUT2D eigenvalue weighted by Gasteiger charge is 2.02. The summed E-state index contributed by atoms with van der Waals surface area (Å²) in [6.45, 7) is 1.02. The Balaban J connectivity index is 1.97. The second kappa shape index (κ2) is 5.77. The van der Waals surface area contributed by atoms with Gasteiger partial charge in [-0.25, -0.2) is 4.98 Å². The Morgan fingerprint density at radius 1 is 1.25 bits per heavy atom. The lowest BCUT2D eigenvalue weighted by atomic mass is 10.2. The van der Waals surface area contributed by atoms with E-state index >= 15 is 0 Å². The molecule has 1 aromatic heterocycles. The van der Waals surface area contributed by atoms with Crippen LogP contribution in [-0.2, 0) is 12.8 Å². The molecular formula is C13H16N2S. The van der Waals surface area contributed by atoms with Crippen molar-refractivity contribution in [2.75, 3.05) is 13.6 Å². The third kappa shape index (κ3) is 3.15. The van der Waals surface area contributed by atoms with Crippen LogP contribution in [0.2, 0.25) is 0 Å². The maximum Gasteiger partial charge on any atom is 0.0971 e. The van der Waals surface area contributed by atoms with Crippen LogP contribution in [0.4, 0.5) is 0 Å². The van der Waals surface area contributed by atoms with E-state index in [9.17, 15) is 0 Å². The SMILES string of the molecule is CNCCc1cnc(Cc2ccccc2)s1. The molecule has 1 heterocycles. The highest BCUT2D eigenvalue weighted by Crippen LogP contribution is 2.16. The molecule has 0 radical (unpaired) electrons. The van der Waals surface area contributed by atoms with Crippen molar-refractivity contribution in [3.63, 3.8) is 0 Å². The molecule has 0 saturated heterocycles. The maximum atomic E-state index is 4.46. The third-order valence-corrected chi connectivity index (χ3v) is 3.48. The largest absolute Gasteiger partial charge is 0.319 e. The Morgan fingerprint density at radius 2 is 2.06 bits per heavy atom. The van der Waals surface area contributed by atoms with Gasteiger partial charge in [0.05, 0.1) is 5.01 Å². The molecule has 0 atom stereocenters. The Kier molecular flexibility index (Phi) is 4.08. The summed E-state index contributed by atoms with van der Waals surface area (Å²) in [4.78, 5) is 5.82. The fraction of sp³-hybridized carbons (Fsp3) is 0.308. The number of benzene rings is 1. The molecule has 2 aromatic rings. The molecule has 0 aliphatic carbocycles. The summed E-state index contributed by atoms with van der Waals surface area (Å²) in [6.07, 6.45) is 4.02. The Bertz CT molecular complexity index is 423. The number of rotatable bonds is 5. The van der Waals surface area contributed by atoms with Gasteiger partial charge in [0.25, 0.3) is 0 Å². The maximum absolute atomic E-state index is 4.46. The van der Waals surface area contributed by atoms with Crippen LogP contribution in [0.15, 0.2) is 36.5 Å². The molecule has 1 aromatic carbocycles. The van der Waals surface area contributed by atoms with E-state index in [1.807, 2.05) is 30.6 Å². The molecule has 16 heavy (non-hydrogen) atoms. The van der Waals surface area contributed by atoms with E-state index in [-0.39, 0.29) is 0 Å². The number of hydrogen-bond acceptors (Lipinski definition) is 3. The molecule has 0 aliphatic heterocycles. The normalized spacial score (nSPS) is 10.6. The van der Waals surface area contributed by atoms with Crippen LogP contribution < -0.4 is 5.32 Å². The molecule has 0 amide bonds. The molecule has 0 aliphatic rings. The number of thiazole rings is 1. The number of likely N-dealkylation sites (N-methyl/N-ethyl adjacent to an activating group) is 1. The Labute approximate surface area is 100 Å². The van der Waals surface area contributed by atoms with E-state index in [4.69, 9.17) is 0 Å². The van der Waals surface area contributed by atoms with Gasteiger partial charge in [-0.1, -0.05) is 30.3 Å². The van der Waals surface area contributed by atoms with Gasteiger partial charge in [-0.3, -0.25) is 0 Å². The predicted molar refractivity (Wildman–Crippen MR) is 69.0 cm³/mol. The lowest BCUT2D eigenvalue weighted by Crippen LogP contribution is -2.09. The van der Waals surface area contributed by atoms with Crippen LogP contribution in [0.3, 0.4) is 0 Å². The van der Waals surface area contributed by atoms with Crippen molar-refractivity contribution in [1.29, 1.82) is 0 Å². The zero-order chi connectivity index (χ0) is 11.2. The fourth-order valence-electron chi connectivity index (χ4n) is 1.56. The second-order valence-electron chi connectivity index (χ2n) is 3.74. The predicted octanol–water partition coefficient (Wildman–Crippen LogP) is 2.50. The van der Waals surface area contributed by atoms with E-state index in [0.717, 1.165) is 19.4 Å². The number of hydrogen-bond donors (Lipinski definition) is 1. The fourth-order valence-corrected chi connectivity index (χ4v) is 2.52. The zero-order valence-electron chi connectivity index (χ0n) is 9.44. The summed E-state index contributed by atoms with van der Waals surface area (Å²) in [5.74, 6) is 0. The topological polar surface area (TPSA) is 24.9 Å². The molecule has 0 fully saturated rings. The average Bonchev–Trinajstić information content (AvgIpc) is 2.75. The Hall–Kier alpha value is -1.19. The summed E-state index contributed by atoms with van der Waals surface area (Å²) >= 11 is 1.82. The van der Waals surface area contributed by atoms with E-state index in [1.54, 1.807) is 0 Å². The number of nitrogens with one attached hydrogen (secondary N) is 1. The molecule has 1 N–H and O–H groups in total. The average molecular weight is 232 g/mol. The minimum absolute atomic E-state index is 0.949. The van der Waals surface area contributed by atoms with Gasteiger partial charge in [-0.05, 0) is 25.6 Å². The van der Waals surface area contributed by atoms with Gasteiger partial charge in [-0.2, -0.15) is 0 Å². The molecular weight excluding hydrogens is 216 g/mol. The Morgan fingerprint density at radius 3 is 2.81 bits per heavy atom. The zero-order valence-corrected chi connectivity index (χ0v) is 10.3. The minimum Gasteiger partial charge on any atom is -0.319 e. The van der Waals surface area contributed by atoms with E-state index in [0.29, 0.717) is 0 Å². The summed E-state index contributed by atoms with van der Waals surface area (Å²) in [5, 5.41) is 4.36. The summed E-state index contributed by atoms with van der Waals surface area (Å²) in [5.41, 5.74) is 1.33. The van der Waals surface area contributed by atoms with Gasteiger partial charge in [0.2, 0.25) is 0 Å². The highest BCUT2D eigenvalue weighted by atomic mass is 32.1. The van der Waals surface area contributed by atoms with Crippen molar-refractivity contribution < 1.29 is 0 Å². The van der Waals surface area contributed by atoms with Crippen LogP contribution in [0.1, 0.15) is 15.4 Å². The first-order valence-electron chi connectivity index (χ1n) is 5.50. The van der Waals surface area contributed by atoms with Crippen molar-refractivity contribution in [1.82, 2.24) is 10.3 Å². The van der Waals surface area contributed by atoms with E-state index < -0.39 is 0 Å². The van der Waals surface area contributed by atoms with Gasteiger partial charge in [-0.15, -0.1) is 11.3 Å². The first-order chi connectivity index (χ1) is 7.88. The van der Waals surface area contributed by atoms with E-state index in [2.05, 4.69) is 34.6 Å². The van der Waals surface area contributed by atoms with Gasteiger partial charge in [0, 0.05) is 17.5 Å². The highest BCUT2D eigenvalue weighted by molar-refractivity contribution is 7.11. The molecule has 2 nitrogen and oxygen atoms in total. The second-order valence-corrected chi connectivity index (χ2v) is 4.94. The molecule has 84 valence electrons. The van der Waals surface area contributed by atoms with Gasteiger partial charge >= 0.3 is 0 Å². The summed E-state index contributed by atoms with van der Waals surface area (Å²) in [7, 11) is 1.98. The smallest absolute Gasteiger partial charge is 0.0971 e. The van der Waals surface area contributed by atoms with Crippen LogP contribution in [0.5, 0.6) is 0 Å². The van der Waals surface area contributed by atoms with Crippen molar-refractivity contribution in [2.45, 2.75) is 12.8 Å². The van der Waals surface area contributed by atoms with Crippen LogP contribution >= 0.6 is 11.3 Å². The monoisotopic (exact) mass is 232 g/mol. The van der Waals surface area contributed by atoms with Crippen molar-refractivity contribution in [3.8, 4) is 0 Å². The lowest BCUT2D eigenvalue weighted by molar-refractivity contribution is 0.798. The van der Waals surface area contributed by atoms with Gasteiger partial charge < -0.3 is 5.32 Å². The first kappa shape index (κ1) is 11.3. The van der Waals surface area contributed by atoms with Gasteiger partial charge in [0.15, 0.2) is 0 Å².